The van der Waals surface area contributed by atoms with Crippen molar-refractivity contribution >= 4 is 28.0 Å². The van der Waals surface area contributed by atoms with Crippen molar-refractivity contribution in [3.63, 3.8) is 0 Å². The maximum Gasteiger partial charge on any atom is 0.305 e. The van der Waals surface area contributed by atoms with Crippen molar-refractivity contribution in [3.05, 3.63) is 102 Å². The first-order chi connectivity index (χ1) is 18.6. The summed E-state index contributed by atoms with van der Waals surface area (Å²) >= 11 is 0. The van der Waals surface area contributed by atoms with Crippen LogP contribution in [0.3, 0.4) is 0 Å². The van der Waals surface area contributed by atoms with Gasteiger partial charge in [0.25, 0.3) is 0 Å². The molecule has 5 rings (SSSR count). The first kappa shape index (κ1) is 25.8. The zero-order chi connectivity index (χ0) is 26.3. The molecule has 0 radical (unpaired) electrons. The number of likely N-dealkylation sites (tertiary alicyclic amines) is 1. The Bertz CT molecular complexity index is 1400. The van der Waals surface area contributed by atoms with Crippen LogP contribution in [0.2, 0.25) is 0 Å². The van der Waals surface area contributed by atoms with Crippen molar-refractivity contribution < 1.29 is 14.6 Å². The van der Waals surface area contributed by atoms with E-state index in [1.54, 1.807) is 12.1 Å². The van der Waals surface area contributed by atoms with Crippen molar-refractivity contribution in [2.75, 3.05) is 26.7 Å². The number of esters is 1. The van der Waals surface area contributed by atoms with E-state index >= 15 is 0 Å². The fourth-order valence-corrected chi connectivity index (χ4v) is 5.51. The number of rotatable bonds is 9. The molecule has 196 valence electrons. The van der Waals surface area contributed by atoms with Gasteiger partial charge < -0.3 is 19.3 Å². The molecule has 0 unspecified atom stereocenters. The zero-order valence-corrected chi connectivity index (χ0v) is 22.1. The van der Waals surface area contributed by atoms with E-state index in [1.807, 2.05) is 30.3 Å². The zero-order valence-electron chi connectivity index (χ0n) is 22.1. The topological polar surface area (TPSA) is 54.7 Å². The highest BCUT2D eigenvalue weighted by Gasteiger charge is 2.17. The summed E-state index contributed by atoms with van der Waals surface area (Å²) < 4.78 is 7.32. The van der Waals surface area contributed by atoms with Crippen LogP contribution in [0.5, 0.6) is 5.75 Å². The van der Waals surface area contributed by atoms with Crippen LogP contribution in [-0.2, 0) is 16.1 Å². The Morgan fingerprint density at radius 1 is 0.816 bits per heavy atom. The molecule has 0 saturated carbocycles. The number of carbonyl (C=O) groups excluding carboxylic acids is 1. The van der Waals surface area contributed by atoms with Crippen LogP contribution in [0.1, 0.15) is 48.8 Å². The van der Waals surface area contributed by atoms with Crippen LogP contribution in [0.4, 0.5) is 0 Å². The second-order valence-corrected chi connectivity index (χ2v) is 10.0. The molecule has 5 heteroatoms. The molecule has 0 bridgehead atoms. The van der Waals surface area contributed by atoms with Gasteiger partial charge in [-0.15, -0.1) is 0 Å². The van der Waals surface area contributed by atoms with Crippen molar-refractivity contribution in [3.8, 4) is 5.75 Å². The number of hydrogen-bond donors (Lipinski definition) is 1. The average Bonchev–Trinajstić information content (AvgIpc) is 3.38. The molecule has 38 heavy (non-hydrogen) atoms. The minimum absolute atomic E-state index is 0.227. The molecule has 1 aliphatic heterocycles. The fraction of sp³-hybridized carbons (Fsp3) is 0.303. The summed E-state index contributed by atoms with van der Waals surface area (Å²) in [7, 11) is 1.43. The summed E-state index contributed by atoms with van der Waals surface area (Å²) in [6.45, 7) is 4.48. The lowest BCUT2D eigenvalue weighted by Gasteiger charge is -2.26. The van der Waals surface area contributed by atoms with Gasteiger partial charge in [0.15, 0.2) is 0 Å². The van der Waals surface area contributed by atoms with E-state index in [0.29, 0.717) is 6.42 Å². The van der Waals surface area contributed by atoms with Gasteiger partial charge in [0.1, 0.15) is 5.75 Å². The van der Waals surface area contributed by atoms with Gasteiger partial charge in [-0.1, -0.05) is 55.0 Å². The number of fused-ring (bicyclic) bond motifs is 1. The molecular formula is C33H36N2O3. The maximum atomic E-state index is 12.2. The number of methoxy groups -OCH3 is 1. The number of carbonyl (C=O) groups is 1. The highest BCUT2D eigenvalue weighted by atomic mass is 16.5. The second kappa shape index (κ2) is 12.1. The predicted molar refractivity (Wildman–Crippen MR) is 154 cm³/mol. The van der Waals surface area contributed by atoms with Crippen LogP contribution >= 0.6 is 0 Å². The Morgan fingerprint density at radius 3 is 2.29 bits per heavy atom. The number of hydrogen-bond acceptors (Lipinski definition) is 4. The van der Waals surface area contributed by atoms with E-state index in [-0.39, 0.29) is 18.1 Å². The first-order valence-electron chi connectivity index (χ1n) is 13.6. The Kier molecular flexibility index (Phi) is 8.25. The molecule has 0 atom stereocenters. The van der Waals surface area contributed by atoms with Gasteiger partial charge in [-0.25, -0.2) is 0 Å². The monoisotopic (exact) mass is 508 g/mol. The molecule has 2 heterocycles. The molecular weight excluding hydrogens is 472 g/mol. The molecule has 4 aromatic rings. The minimum atomic E-state index is -0.232. The van der Waals surface area contributed by atoms with Crippen molar-refractivity contribution in [1.29, 1.82) is 0 Å². The normalized spacial score (nSPS) is 14.9. The average molecular weight is 509 g/mol. The SMILES string of the molecule is COC(=O)CC/C(=C(\c1ccc(O)cc1)c1ccc2c(ccn2CCN2CCCCC2)c1)c1ccccc1. The molecule has 0 aliphatic carbocycles. The highest BCUT2D eigenvalue weighted by molar-refractivity contribution is 6.01. The maximum absolute atomic E-state index is 12.2. The number of aromatic hydroxyl groups is 1. The van der Waals surface area contributed by atoms with Gasteiger partial charge in [-0.2, -0.15) is 0 Å². The highest BCUT2D eigenvalue weighted by Crippen LogP contribution is 2.37. The number of aromatic nitrogens is 1. The molecule has 1 saturated heterocycles. The summed E-state index contributed by atoms with van der Waals surface area (Å²) in [5.74, 6) is -0.00474. The fourth-order valence-electron chi connectivity index (χ4n) is 5.51. The third kappa shape index (κ3) is 6.00. The van der Waals surface area contributed by atoms with E-state index in [4.69, 9.17) is 4.74 Å². The Morgan fingerprint density at radius 2 is 1.55 bits per heavy atom. The van der Waals surface area contributed by atoms with Crippen LogP contribution in [0, 0.1) is 0 Å². The minimum Gasteiger partial charge on any atom is -0.508 e. The molecule has 1 aliphatic rings. The summed E-state index contributed by atoms with van der Waals surface area (Å²) in [4.78, 5) is 14.7. The number of allylic oxidation sites excluding steroid dienone is 1. The van der Waals surface area contributed by atoms with E-state index in [2.05, 4.69) is 52.1 Å². The third-order valence-electron chi connectivity index (χ3n) is 7.55. The van der Waals surface area contributed by atoms with E-state index in [9.17, 15) is 9.90 Å². The molecule has 0 spiro atoms. The summed E-state index contributed by atoms with van der Waals surface area (Å²) in [5.41, 5.74) is 6.51. The van der Waals surface area contributed by atoms with Gasteiger partial charge in [0.05, 0.1) is 7.11 Å². The number of piperidine rings is 1. The molecule has 0 amide bonds. The van der Waals surface area contributed by atoms with Crippen LogP contribution < -0.4 is 0 Å². The van der Waals surface area contributed by atoms with Crippen molar-refractivity contribution in [2.45, 2.75) is 38.6 Å². The third-order valence-corrected chi connectivity index (χ3v) is 7.55. The largest absolute Gasteiger partial charge is 0.508 e. The predicted octanol–water partition coefficient (Wildman–Crippen LogP) is 6.75. The number of phenolic OH excluding ortho intramolecular Hbond substituents is 1. The lowest BCUT2D eigenvalue weighted by Crippen LogP contribution is -2.32. The number of ether oxygens (including phenoxy) is 1. The quantitative estimate of drug-likeness (QED) is 0.201. The Hall–Kier alpha value is -3.83. The summed E-state index contributed by atoms with van der Waals surface area (Å²) in [6, 6.07) is 26.4. The molecule has 5 nitrogen and oxygen atoms in total. The van der Waals surface area contributed by atoms with Gasteiger partial charge in [0.2, 0.25) is 0 Å². The summed E-state index contributed by atoms with van der Waals surface area (Å²) in [5, 5.41) is 11.2. The molecule has 1 aromatic heterocycles. The van der Waals surface area contributed by atoms with Gasteiger partial charge in [-0.05, 0) is 90.5 Å². The number of benzene rings is 3. The van der Waals surface area contributed by atoms with E-state index < -0.39 is 0 Å². The van der Waals surface area contributed by atoms with Gasteiger partial charge in [-0.3, -0.25) is 4.79 Å². The molecule has 1 fully saturated rings. The Balaban J connectivity index is 1.56. The first-order valence-corrected chi connectivity index (χ1v) is 13.6. The van der Waals surface area contributed by atoms with Gasteiger partial charge >= 0.3 is 5.97 Å². The van der Waals surface area contributed by atoms with Crippen molar-refractivity contribution in [1.82, 2.24) is 9.47 Å². The van der Waals surface area contributed by atoms with Crippen LogP contribution in [0.15, 0.2) is 85.1 Å². The molecule has 3 aromatic carbocycles. The second-order valence-electron chi connectivity index (χ2n) is 10.0. The Labute approximate surface area is 225 Å². The van der Waals surface area contributed by atoms with E-state index in [0.717, 1.165) is 40.9 Å². The van der Waals surface area contributed by atoms with Crippen LogP contribution in [-0.4, -0.2) is 47.3 Å². The summed E-state index contributed by atoms with van der Waals surface area (Å²) in [6.07, 6.45) is 6.99. The van der Waals surface area contributed by atoms with Crippen molar-refractivity contribution in [2.24, 2.45) is 0 Å². The number of phenols is 1. The van der Waals surface area contributed by atoms with Gasteiger partial charge in [0, 0.05) is 36.6 Å². The number of nitrogens with zero attached hydrogens (tertiary/aromatic N) is 2. The standard InChI is InChI=1S/C33H36N2O3/c1-38-32(37)17-15-30(25-8-4-2-5-9-25)33(26-10-13-29(36)14-11-26)28-12-16-31-27(24-28)18-21-35(31)23-22-34-19-6-3-7-20-34/h2,4-5,8-14,16,18,21,24,36H,3,6-7,15,17,19-20,22-23H2,1H3/b33-30-. The van der Waals surface area contributed by atoms with Crippen LogP contribution in [0.25, 0.3) is 22.0 Å². The van der Waals surface area contributed by atoms with E-state index in [1.165, 1.54) is 50.4 Å². The molecule has 1 N–H and O–H groups in total. The lowest BCUT2D eigenvalue weighted by atomic mass is 9.87. The smallest absolute Gasteiger partial charge is 0.305 e. The lowest BCUT2D eigenvalue weighted by molar-refractivity contribution is -0.140.